The van der Waals surface area contributed by atoms with E-state index in [2.05, 4.69) is 35.8 Å². The third-order valence-corrected chi connectivity index (χ3v) is 3.56. The summed E-state index contributed by atoms with van der Waals surface area (Å²) in [6.07, 6.45) is 2.36. The van der Waals surface area contributed by atoms with Crippen molar-refractivity contribution in [3.63, 3.8) is 0 Å². The van der Waals surface area contributed by atoms with Crippen LogP contribution in [0.5, 0.6) is 0 Å². The number of hydrogen-bond acceptors (Lipinski definition) is 6. The van der Waals surface area contributed by atoms with Gasteiger partial charge in [0.05, 0.1) is 22.9 Å². The van der Waals surface area contributed by atoms with Crippen molar-refractivity contribution >= 4 is 11.5 Å². The molecule has 3 N–H and O–H groups in total. The van der Waals surface area contributed by atoms with Crippen molar-refractivity contribution in [1.29, 1.82) is 0 Å². The molecule has 0 fully saturated rings. The molecule has 2 aromatic rings. The average molecular weight is 266 g/mol. The number of hydrazine groups is 1. The van der Waals surface area contributed by atoms with Gasteiger partial charge in [-0.1, -0.05) is 25.3 Å². The Morgan fingerprint density at radius 3 is 2.83 bits per heavy atom. The first-order valence-electron chi connectivity index (χ1n) is 5.83. The summed E-state index contributed by atoms with van der Waals surface area (Å²) in [4.78, 5) is 1.07. The molecular weight excluding hydrogens is 248 g/mol. The van der Waals surface area contributed by atoms with Crippen LogP contribution in [-0.4, -0.2) is 9.59 Å². The molecule has 18 heavy (non-hydrogen) atoms. The lowest BCUT2D eigenvalue weighted by molar-refractivity contribution is 0.450. The summed E-state index contributed by atoms with van der Waals surface area (Å²) in [6.45, 7) is 6.36. The van der Waals surface area contributed by atoms with E-state index in [1.54, 1.807) is 6.26 Å². The van der Waals surface area contributed by atoms with E-state index in [1.165, 1.54) is 11.5 Å². The molecule has 98 valence electrons. The molecule has 0 aliphatic heterocycles. The predicted octanol–water partition coefficient (Wildman–Crippen LogP) is 2.18. The van der Waals surface area contributed by atoms with Crippen molar-refractivity contribution < 1.29 is 4.42 Å². The first-order valence-corrected chi connectivity index (χ1v) is 6.61. The maximum Gasteiger partial charge on any atom is 0.105 e. The molecule has 1 atom stereocenters. The molecule has 0 radical (unpaired) electrons. The molecule has 0 bridgehead atoms. The molecule has 6 heteroatoms. The molecule has 0 spiro atoms. The van der Waals surface area contributed by atoms with E-state index < -0.39 is 0 Å². The molecule has 2 heterocycles. The van der Waals surface area contributed by atoms with Crippen LogP contribution in [0.25, 0.3) is 0 Å². The number of nitrogens with one attached hydrogen (secondary N) is 1. The Hall–Kier alpha value is -1.24. The van der Waals surface area contributed by atoms with Crippen LogP contribution in [0.15, 0.2) is 22.8 Å². The third kappa shape index (κ3) is 2.77. The fourth-order valence-corrected chi connectivity index (χ4v) is 2.73. The van der Waals surface area contributed by atoms with Gasteiger partial charge in [-0.15, -0.1) is 5.10 Å². The van der Waals surface area contributed by atoms with Gasteiger partial charge in [0.1, 0.15) is 5.76 Å². The van der Waals surface area contributed by atoms with Gasteiger partial charge in [0.25, 0.3) is 0 Å². The molecule has 5 nitrogen and oxygen atoms in total. The smallest absolute Gasteiger partial charge is 0.105 e. The number of aromatic nitrogens is 2. The molecule has 2 rings (SSSR count). The largest absolute Gasteiger partial charge is 0.469 e. The second-order valence-electron chi connectivity index (χ2n) is 5.24. The number of furan rings is 1. The summed E-state index contributed by atoms with van der Waals surface area (Å²) >= 11 is 1.39. The highest BCUT2D eigenvalue weighted by Gasteiger charge is 2.27. The standard InChI is InChI=1S/C12H18N4OS/c1-12(2,3)11-10(18-16-15-11)9(14-13)7-8-5-4-6-17-8/h4-6,9,14H,7,13H2,1-3H3. The van der Waals surface area contributed by atoms with Crippen molar-refractivity contribution in [2.45, 2.75) is 38.6 Å². The van der Waals surface area contributed by atoms with E-state index >= 15 is 0 Å². The zero-order chi connectivity index (χ0) is 13.2. The van der Waals surface area contributed by atoms with Gasteiger partial charge in [0, 0.05) is 11.8 Å². The number of hydrogen-bond donors (Lipinski definition) is 2. The lowest BCUT2D eigenvalue weighted by Gasteiger charge is -2.20. The highest BCUT2D eigenvalue weighted by Crippen LogP contribution is 2.31. The number of nitrogens with two attached hydrogens (primary N) is 1. The van der Waals surface area contributed by atoms with Gasteiger partial charge in [-0.05, 0) is 23.7 Å². The van der Waals surface area contributed by atoms with Gasteiger partial charge in [-0.3, -0.25) is 11.3 Å². The normalized spacial score (nSPS) is 13.8. The van der Waals surface area contributed by atoms with Gasteiger partial charge in [0.2, 0.25) is 0 Å². The van der Waals surface area contributed by atoms with E-state index in [0.29, 0.717) is 6.42 Å². The second-order valence-corrected chi connectivity index (χ2v) is 6.02. The summed E-state index contributed by atoms with van der Waals surface area (Å²) in [6, 6.07) is 3.79. The van der Waals surface area contributed by atoms with Crippen LogP contribution in [0.3, 0.4) is 0 Å². The van der Waals surface area contributed by atoms with Crippen LogP contribution >= 0.6 is 11.5 Å². The minimum atomic E-state index is -0.0411. The van der Waals surface area contributed by atoms with Gasteiger partial charge in [-0.25, -0.2) is 0 Å². The maximum absolute atomic E-state index is 5.65. The van der Waals surface area contributed by atoms with E-state index in [9.17, 15) is 0 Å². The summed E-state index contributed by atoms with van der Waals surface area (Å²) in [5, 5.41) is 4.23. The van der Waals surface area contributed by atoms with Crippen molar-refractivity contribution in [3.05, 3.63) is 34.7 Å². The third-order valence-electron chi connectivity index (χ3n) is 2.73. The summed E-state index contributed by atoms with van der Waals surface area (Å²) < 4.78 is 9.41. The molecule has 0 aliphatic carbocycles. The quantitative estimate of drug-likeness (QED) is 0.655. The maximum atomic E-state index is 5.65. The Labute approximate surface area is 111 Å². The SMILES string of the molecule is CC(C)(C)c1nnsc1C(Cc1ccco1)NN. The highest BCUT2D eigenvalue weighted by molar-refractivity contribution is 7.05. The van der Waals surface area contributed by atoms with Crippen LogP contribution in [0.4, 0.5) is 0 Å². The molecule has 0 saturated heterocycles. The van der Waals surface area contributed by atoms with E-state index in [4.69, 9.17) is 10.3 Å². The van der Waals surface area contributed by atoms with E-state index in [1.807, 2.05) is 12.1 Å². The summed E-state index contributed by atoms with van der Waals surface area (Å²) in [5.74, 6) is 6.55. The van der Waals surface area contributed by atoms with Crippen molar-refractivity contribution in [3.8, 4) is 0 Å². The Morgan fingerprint density at radius 2 is 2.28 bits per heavy atom. The van der Waals surface area contributed by atoms with E-state index in [-0.39, 0.29) is 11.5 Å². The van der Waals surface area contributed by atoms with Crippen LogP contribution in [-0.2, 0) is 11.8 Å². The van der Waals surface area contributed by atoms with Crippen molar-refractivity contribution in [2.24, 2.45) is 5.84 Å². The number of rotatable bonds is 4. The van der Waals surface area contributed by atoms with Crippen molar-refractivity contribution in [2.75, 3.05) is 0 Å². The van der Waals surface area contributed by atoms with Crippen LogP contribution < -0.4 is 11.3 Å². The molecule has 1 unspecified atom stereocenters. The lowest BCUT2D eigenvalue weighted by Crippen LogP contribution is -2.31. The topological polar surface area (TPSA) is 77.0 Å². The van der Waals surface area contributed by atoms with Crippen LogP contribution in [0.2, 0.25) is 0 Å². The monoisotopic (exact) mass is 266 g/mol. The molecule has 0 amide bonds. The summed E-state index contributed by atoms with van der Waals surface area (Å²) in [7, 11) is 0. The zero-order valence-electron chi connectivity index (χ0n) is 10.8. The van der Waals surface area contributed by atoms with E-state index in [0.717, 1.165) is 16.3 Å². The number of nitrogens with zero attached hydrogens (tertiary/aromatic N) is 2. The molecular formula is C12H18N4OS. The first-order chi connectivity index (χ1) is 8.52. The fourth-order valence-electron chi connectivity index (χ4n) is 1.80. The average Bonchev–Trinajstić information content (AvgIpc) is 2.95. The Kier molecular flexibility index (Phi) is 3.79. The minimum Gasteiger partial charge on any atom is -0.469 e. The predicted molar refractivity (Wildman–Crippen MR) is 71.1 cm³/mol. The molecule has 2 aromatic heterocycles. The summed E-state index contributed by atoms with van der Waals surface area (Å²) in [5.41, 5.74) is 3.77. The van der Waals surface area contributed by atoms with Gasteiger partial charge in [0.15, 0.2) is 0 Å². The van der Waals surface area contributed by atoms with Crippen LogP contribution in [0, 0.1) is 0 Å². The zero-order valence-corrected chi connectivity index (χ0v) is 11.6. The van der Waals surface area contributed by atoms with Crippen LogP contribution in [0.1, 0.15) is 43.1 Å². The van der Waals surface area contributed by atoms with Gasteiger partial charge in [-0.2, -0.15) is 0 Å². The molecule has 0 aromatic carbocycles. The molecule has 0 aliphatic rings. The Balaban J connectivity index is 2.25. The highest BCUT2D eigenvalue weighted by atomic mass is 32.1. The second kappa shape index (κ2) is 5.17. The fraction of sp³-hybridized carbons (Fsp3) is 0.500. The lowest BCUT2D eigenvalue weighted by atomic mass is 9.89. The molecule has 0 saturated carbocycles. The van der Waals surface area contributed by atoms with Gasteiger partial charge >= 0.3 is 0 Å². The van der Waals surface area contributed by atoms with Crippen molar-refractivity contribution in [1.82, 2.24) is 15.0 Å². The Bertz CT molecular complexity index is 486. The first kappa shape index (κ1) is 13.2. The van der Waals surface area contributed by atoms with Gasteiger partial charge < -0.3 is 4.42 Å². The minimum absolute atomic E-state index is 0.0228. The Morgan fingerprint density at radius 1 is 1.50 bits per heavy atom.